The molecule has 3 N–H and O–H groups in total. The van der Waals surface area contributed by atoms with Crippen LogP contribution in [0.5, 0.6) is 0 Å². The molecule has 2 rings (SSSR count). The van der Waals surface area contributed by atoms with Gasteiger partial charge in [0.05, 0.1) is 16.6 Å². The number of hydrogen-bond acceptors (Lipinski definition) is 2. The number of anilines is 1. The maximum Gasteiger partial charge on any atom is 0.253 e. The smallest absolute Gasteiger partial charge is 0.253 e. The number of benzene rings is 2. The Bertz CT molecular complexity index is 646. The first-order valence-corrected chi connectivity index (χ1v) is 7.26. The zero-order valence-electron chi connectivity index (χ0n) is 10.9. The van der Waals surface area contributed by atoms with Crippen LogP contribution in [0.15, 0.2) is 46.9 Å². The van der Waals surface area contributed by atoms with Gasteiger partial charge in [-0.15, -0.1) is 0 Å². The van der Waals surface area contributed by atoms with Gasteiger partial charge in [-0.3, -0.25) is 4.79 Å². The fourth-order valence-corrected chi connectivity index (χ4v) is 2.47. The molecule has 0 aliphatic carbocycles. The third-order valence-electron chi connectivity index (χ3n) is 2.93. The van der Waals surface area contributed by atoms with Crippen LogP contribution in [0.3, 0.4) is 0 Å². The lowest BCUT2D eigenvalue weighted by molar-refractivity contribution is 0.0940. The lowest BCUT2D eigenvalue weighted by Crippen LogP contribution is -2.27. The Hall–Kier alpha value is -1.52. The second-order valence-corrected chi connectivity index (χ2v) is 5.81. The van der Waals surface area contributed by atoms with E-state index in [1.807, 2.05) is 31.2 Å². The number of halogens is 2. The van der Waals surface area contributed by atoms with Gasteiger partial charge >= 0.3 is 0 Å². The number of nitrogen functional groups attached to an aromatic ring is 1. The average Bonchev–Trinajstić information content (AvgIpc) is 2.41. The van der Waals surface area contributed by atoms with Gasteiger partial charge in [-0.25, -0.2) is 0 Å². The molecule has 2 aromatic carbocycles. The van der Waals surface area contributed by atoms with Crippen LogP contribution in [0.1, 0.15) is 28.9 Å². The van der Waals surface area contributed by atoms with Crippen LogP contribution < -0.4 is 11.1 Å². The Morgan fingerprint density at radius 3 is 2.75 bits per heavy atom. The Labute approximate surface area is 131 Å². The Morgan fingerprint density at radius 1 is 1.30 bits per heavy atom. The van der Waals surface area contributed by atoms with E-state index in [-0.39, 0.29) is 11.9 Å². The van der Waals surface area contributed by atoms with Crippen LogP contribution in [0.2, 0.25) is 5.02 Å². The van der Waals surface area contributed by atoms with Crippen molar-refractivity contribution in [2.45, 2.75) is 13.0 Å². The summed E-state index contributed by atoms with van der Waals surface area (Å²) in [6, 6.07) is 12.5. The predicted octanol–water partition coefficient (Wildman–Crippen LogP) is 4.18. The van der Waals surface area contributed by atoms with Crippen molar-refractivity contribution in [3.05, 3.63) is 63.1 Å². The number of carbonyl (C=O) groups is 1. The van der Waals surface area contributed by atoms with E-state index in [1.54, 1.807) is 18.2 Å². The van der Waals surface area contributed by atoms with Gasteiger partial charge in [-0.2, -0.15) is 0 Å². The molecule has 0 saturated heterocycles. The number of hydrogen-bond donors (Lipinski definition) is 2. The minimum atomic E-state index is -0.241. The highest BCUT2D eigenvalue weighted by Crippen LogP contribution is 2.21. The van der Waals surface area contributed by atoms with Crippen molar-refractivity contribution in [2.75, 3.05) is 5.73 Å². The third-order valence-corrected chi connectivity index (χ3v) is 3.75. The molecule has 0 aliphatic rings. The maximum atomic E-state index is 12.2. The summed E-state index contributed by atoms with van der Waals surface area (Å²) in [5.41, 5.74) is 7.58. The van der Waals surface area contributed by atoms with Crippen LogP contribution in [0, 0.1) is 0 Å². The quantitative estimate of drug-likeness (QED) is 0.813. The molecule has 0 radical (unpaired) electrons. The predicted molar refractivity (Wildman–Crippen MR) is 85.9 cm³/mol. The van der Waals surface area contributed by atoms with Crippen LogP contribution in [0.4, 0.5) is 5.69 Å². The van der Waals surface area contributed by atoms with Gasteiger partial charge < -0.3 is 11.1 Å². The van der Waals surface area contributed by atoms with E-state index in [0.29, 0.717) is 16.3 Å². The van der Waals surface area contributed by atoms with Gasteiger partial charge in [0.25, 0.3) is 5.91 Å². The molecule has 1 unspecified atom stereocenters. The zero-order valence-corrected chi connectivity index (χ0v) is 13.2. The summed E-state index contributed by atoms with van der Waals surface area (Å²) in [4.78, 5) is 12.2. The maximum absolute atomic E-state index is 12.2. The van der Waals surface area contributed by atoms with Crippen LogP contribution in [-0.4, -0.2) is 5.91 Å². The van der Waals surface area contributed by atoms with Gasteiger partial charge in [0.1, 0.15) is 0 Å². The lowest BCUT2D eigenvalue weighted by Gasteiger charge is -2.15. The van der Waals surface area contributed by atoms with Crippen molar-refractivity contribution in [3.63, 3.8) is 0 Å². The highest BCUT2D eigenvalue weighted by Gasteiger charge is 2.14. The number of nitrogens with one attached hydrogen (secondary N) is 1. The summed E-state index contributed by atoms with van der Waals surface area (Å²) < 4.78 is 0.970. The standard InChI is InChI=1S/C15H14BrClN2O/c1-9(10-3-2-4-11(16)7-10)19-15(20)13-8-12(18)5-6-14(13)17/h2-9H,18H2,1H3,(H,19,20). The van der Waals surface area contributed by atoms with E-state index in [0.717, 1.165) is 10.0 Å². The van der Waals surface area contributed by atoms with E-state index in [1.165, 1.54) is 0 Å². The normalized spacial score (nSPS) is 11.9. The fourth-order valence-electron chi connectivity index (χ4n) is 1.85. The monoisotopic (exact) mass is 352 g/mol. The molecule has 0 fully saturated rings. The second-order valence-electron chi connectivity index (χ2n) is 4.49. The molecular weight excluding hydrogens is 340 g/mol. The summed E-state index contributed by atoms with van der Waals surface area (Å²) in [5, 5.41) is 3.30. The van der Waals surface area contributed by atoms with E-state index in [4.69, 9.17) is 17.3 Å². The van der Waals surface area contributed by atoms with Crippen molar-refractivity contribution in [1.82, 2.24) is 5.32 Å². The van der Waals surface area contributed by atoms with Gasteiger partial charge in [-0.1, -0.05) is 39.7 Å². The fraction of sp³-hybridized carbons (Fsp3) is 0.133. The van der Waals surface area contributed by atoms with Gasteiger partial charge in [0.2, 0.25) is 0 Å². The summed E-state index contributed by atoms with van der Waals surface area (Å²) in [5.74, 6) is -0.241. The van der Waals surface area contributed by atoms with E-state index in [9.17, 15) is 4.79 Å². The third kappa shape index (κ3) is 3.52. The second kappa shape index (κ2) is 6.29. The molecule has 0 aromatic heterocycles. The first-order valence-electron chi connectivity index (χ1n) is 6.08. The Balaban J connectivity index is 2.17. The number of rotatable bonds is 3. The molecule has 20 heavy (non-hydrogen) atoms. The van der Waals surface area contributed by atoms with Crippen molar-refractivity contribution in [1.29, 1.82) is 0 Å². The number of carbonyl (C=O) groups excluding carboxylic acids is 1. The van der Waals surface area contributed by atoms with Crippen molar-refractivity contribution in [3.8, 4) is 0 Å². The van der Waals surface area contributed by atoms with Crippen molar-refractivity contribution in [2.24, 2.45) is 0 Å². The highest BCUT2D eigenvalue weighted by atomic mass is 79.9. The minimum Gasteiger partial charge on any atom is -0.399 e. The molecule has 0 heterocycles. The summed E-state index contributed by atoms with van der Waals surface area (Å²) in [6.07, 6.45) is 0. The summed E-state index contributed by atoms with van der Waals surface area (Å²) >= 11 is 9.43. The van der Waals surface area contributed by atoms with Crippen LogP contribution in [-0.2, 0) is 0 Å². The SMILES string of the molecule is CC(NC(=O)c1cc(N)ccc1Cl)c1cccc(Br)c1. The molecule has 104 valence electrons. The molecule has 0 saturated carbocycles. The zero-order chi connectivity index (χ0) is 14.7. The van der Waals surface area contributed by atoms with Crippen LogP contribution in [0.25, 0.3) is 0 Å². The van der Waals surface area contributed by atoms with Crippen molar-refractivity contribution >= 4 is 39.1 Å². The molecule has 0 aliphatic heterocycles. The van der Waals surface area contributed by atoms with Crippen LogP contribution >= 0.6 is 27.5 Å². The first-order chi connectivity index (χ1) is 9.47. The molecule has 1 amide bonds. The van der Waals surface area contributed by atoms with Gasteiger partial charge in [-0.05, 0) is 42.8 Å². The molecule has 3 nitrogen and oxygen atoms in total. The average molecular weight is 354 g/mol. The minimum absolute atomic E-state index is 0.127. The Kier molecular flexibility index (Phi) is 4.68. The Morgan fingerprint density at radius 2 is 2.05 bits per heavy atom. The molecule has 0 spiro atoms. The van der Waals surface area contributed by atoms with Crippen molar-refractivity contribution < 1.29 is 4.79 Å². The van der Waals surface area contributed by atoms with E-state index < -0.39 is 0 Å². The van der Waals surface area contributed by atoms with E-state index in [2.05, 4.69) is 21.2 Å². The summed E-state index contributed by atoms with van der Waals surface area (Å²) in [6.45, 7) is 1.92. The molecule has 1 atom stereocenters. The van der Waals surface area contributed by atoms with E-state index >= 15 is 0 Å². The van der Waals surface area contributed by atoms with Gasteiger partial charge in [0, 0.05) is 10.2 Å². The molecule has 0 bridgehead atoms. The number of nitrogens with two attached hydrogens (primary N) is 1. The molecule has 2 aromatic rings. The topological polar surface area (TPSA) is 55.1 Å². The number of amides is 1. The highest BCUT2D eigenvalue weighted by molar-refractivity contribution is 9.10. The first kappa shape index (κ1) is 14.9. The van der Waals surface area contributed by atoms with Gasteiger partial charge in [0.15, 0.2) is 0 Å². The largest absolute Gasteiger partial charge is 0.399 e. The lowest BCUT2D eigenvalue weighted by atomic mass is 10.1. The summed E-state index contributed by atoms with van der Waals surface area (Å²) in [7, 11) is 0. The molecular formula is C15H14BrClN2O. The molecule has 5 heteroatoms.